The summed E-state index contributed by atoms with van der Waals surface area (Å²) in [5.41, 5.74) is 2.79. The van der Waals surface area contributed by atoms with Crippen molar-refractivity contribution < 1.29 is 9.59 Å². The smallest absolute Gasteiger partial charge is 0.270 e. The molecule has 0 aliphatic heterocycles. The number of carbonyl (C=O) groups is 2. The van der Waals surface area contributed by atoms with Crippen molar-refractivity contribution in [1.29, 1.82) is 0 Å². The molecule has 0 saturated heterocycles. The molecule has 3 aromatic rings. The number of nitrogens with zero attached hydrogens (tertiary/aromatic N) is 4. The van der Waals surface area contributed by atoms with Gasteiger partial charge in [0.15, 0.2) is 0 Å². The van der Waals surface area contributed by atoms with Crippen LogP contribution in [-0.2, 0) is 0 Å². The molecular weight excluding hydrogens is 380 g/mol. The zero-order valence-electron chi connectivity index (χ0n) is 17.5. The van der Waals surface area contributed by atoms with Gasteiger partial charge in [0.2, 0.25) is 5.95 Å². The number of fused-ring (bicyclic) bond motifs is 1. The van der Waals surface area contributed by atoms with E-state index in [1.165, 1.54) is 0 Å². The average molecular weight is 406 g/mol. The van der Waals surface area contributed by atoms with Crippen LogP contribution in [0.4, 0.5) is 11.6 Å². The number of aromatic nitrogens is 3. The van der Waals surface area contributed by atoms with Crippen LogP contribution < -0.4 is 10.6 Å². The summed E-state index contributed by atoms with van der Waals surface area (Å²) >= 11 is 0. The summed E-state index contributed by atoms with van der Waals surface area (Å²) < 4.78 is 2.09. The van der Waals surface area contributed by atoms with Gasteiger partial charge in [-0.25, -0.2) is 4.98 Å². The minimum Gasteiger partial charge on any atom is -0.355 e. The predicted octanol–water partition coefficient (Wildman–Crippen LogP) is 3.35. The van der Waals surface area contributed by atoms with Crippen molar-refractivity contribution >= 4 is 34.5 Å². The summed E-state index contributed by atoms with van der Waals surface area (Å²) in [5, 5.41) is 6.66. The number of amides is 2. The van der Waals surface area contributed by atoms with Crippen LogP contribution in [0.2, 0.25) is 0 Å². The third-order valence-electron chi connectivity index (χ3n) is 5.52. The molecule has 0 spiro atoms. The molecular formula is C22H26N6O2. The van der Waals surface area contributed by atoms with Crippen molar-refractivity contribution in [3.05, 3.63) is 47.8 Å². The van der Waals surface area contributed by atoms with E-state index in [2.05, 4.69) is 20.2 Å². The predicted molar refractivity (Wildman–Crippen MR) is 116 cm³/mol. The Kier molecular flexibility index (Phi) is 5.39. The summed E-state index contributed by atoms with van der Waals surface area (Å²) in [7, 11) is 5.13. The third-order valence-corrected chi connectivity index (χ3v) is 5.52. The first-order chi connectivity index (χ1) is 14.5. The van der Waals surface area contributed by atoms with Crippen molar-refractivity contribution in [2.45, 2.75) is 31.7 Å². The highest BCUT2D eigenvalue weighted by Gasteiger charge is 2.26. The minimum atomic E-state index is -0.133. The topological polar surface area (TPSA) is 92.1 Å². The standard InChI is InChI=1S/C22H26N6O2/c1-23-20(29)14-8-10-16(11-9-14)25-22-24-13-15-12-18(21(30)27(2)3)28(19(15)26-22)17-6-4-5-7-17/h8-13,17H,4-7H2,1-3H3,(H,23,29)(H,24,25,26). The minimum absolute atomic E-state index is 0.0285. The Morgan fingerprint density at radius 3 is 2.47 bits per heavy atom. The van der Waals surface area contributed by atoms with Gasteiger partial charge in [0, 0.05) is 50.0 Å². The van der Waals surface area contributed by atoms with Gasteiger partial charge in [0.05, 0.1) is 0 Å². The van der Waals surface area contributed by atoms with Crippen molar-refractivity contribution in [1.82, 2.24) is 24.8 Å². The second-order valence-corrected chi connectivity index (χ2v) is 7.79. The molecule has 0 bridgehead atoms. The Hall–Kier alpha value is -3.42. The molecule has 1 aliphatic carbocycles. The molecule has 2 aromatic heterocycles. The average Bonchev–Trinajstić information content (AvgIpc) is 3.40. The maximum Gasteiger partial charge on any atom is 0.270 e. The fourth-order valence-electron chi connectivity index (χ4n) is 3.97. The molecule has 2 N–H and O–H groups in total. The number of benzene rings is 1. The lowest BCUT2D eigenvalue weighted by Crippen LogP contribution is -2.25. The number of nitrogens with one attached hydrogen (secondary N) is 2. The highest BCUT2D eigenvalue weighted by molar-refractivity contribution is 5.98. The van der Waals surface area contributed by atoms with Crippen LogP contribution >= 0.6 is 0 Å². The first-order valence-corrected chi connectivity index (χ1v) is 10.2. The number of hydrogen-bond acceptors (Lipinski definition) is 5. The summed E-state index contributed by atoms with van der Waals surface area (Å²) in [6.45, 7) is 0. The zero-order valence-corrected chi connectivity index (χ0v) is 17.5. The summed E-state index contributed by atoms with van der Waals surface area (Å²) in [4.78, 5) is 35.3. The fraction of sp³-hybridized carbons (Fsp3) is 0.364. The van der Waals surface area contributed by atoms with E-state index in [4.69, 9.17) is 4.98 Å². The molecule has 156 valence electrons. The van der Waals surface area contributed by atoms with Crippen LogP contribution in [-0.4, -0.2) is 52.4 Å². The SMILES string of the molecule is CNC(=O)c1ccc(Nc2ncc3cc(C(=O)N(C)C)n(C4CCCC4)c3n2)cc1. The van der Waals surface area contributed by atoms with E-state index in [-0.39, 0.29) is 17.9 Å². The molecule has 0 radical (unpaired) electrons. The maximum absolute atomic E-state index is 12.8. The van der Waals surface area contributed by atoms with E-state index in [1.807, 2.05) is 18.2 Å². The van der Waals surface area contributed by atoms with Crippen LogP contribution in [0.5, 0.6) is 0 Å². The Morgan fingerprint density at radius 2 is 1.83 bits per heavy atom. The Labute approximate surface area is 175 Å². The van der Waals surface area contributed by atoms with Crippen LogP contribution in [0.3, 0.4) is 0 Å². The van der Waals surface area contributed by atoms with Crippen molar-refractivity contribution in [3.63, 3.8) is 0 Å². The highest BCUT2D eigenvalue weighted by Crippen LogP contribution is 2.34. The Balaban J connectivity index is 1.70. The quantitative estimate of drug-likeness (QED) is 0.678. The highest BCUT2D eigenvalue weighted by atomic mass is 16.2. The van der Waals surface area contributed by atoms with E-state index in [1.54, 1.807) is 44.4 Å². The molecule has 1 saturated carbocycles. The maximum atomic E-state index is 12.8. The first-order valence-electron chi connectivity index (χ1n) is 10.2. The van der Waals surface area contributed by atoms with E-state index in [0.29, 0.717) is 17.2 Å². The van der Waals surface area contributed by atoms with Crippen LogP contribution in [0.1, 0.15) is 52.6 Å². The summed E-state index contributed by atoms with van der Waals surface area (Å²) in [6, 6.07) is 9.28. The molecule has 30 heavy (non-hydrogen) atoms. The second-order valence-electron chi connectivity index (χ2n) is 7.79. The largest absolute Gasteiger partial charge is 0.355 e. The van der Waals surface area contributed by atoms with Gasteiger partial charge < -0.3 is 20.1 Å². The monoisotopic (exact) mass is 406 g/mol. The van der Waals surface area contributed by atoms with Gasteiger partial charge in [-0.3, -0.25) is 9.59 Å². The van der Waals surface area contributed by atoms with Crippen molar-refractivity contribution in [3.8, 4) is 0 Å². The number of rotatable bonds is 5. The first kappa shape index (κ1) is 19.9. The van der Waals surface area contributed by atoms with Crippen LogP contribution in [0.25, 0.3) is 11.0 Å². The molecule has 8 heteroatoms. The fourth-order valence-corrected chi connectivity index (χ4v) is 3.97. The van der Waals surface area contributed by atoms with Gasteiger partial charge in [0.25, 0.3) is 11.8 Å². The third kappa shape index (κ3) is 3.72. The normalized spacial score (nSPS) is 14.1. The van der Waals surface area contributed by atoms with Crippen molar-refractivity contribution in [2.24, 2.45) is 0 Å². The summed E-state index contributed by atoms with van der Waals surface area (Å²) in [5.74, 6) is 0.294. The van der Waals surface area contributed by atoms with E-state index < -0.39 is 0 Å². The zero-order chi connectivity index (χ0) is 21.3. The van der Waals surface area contributed by atoms with Crippen LogP contribution in [0.15, 0.2) is 36.5 Å². The Morgan fingerprint density at radius 1 is 1.13 bits per heavy atom. The van der Waals surface area contributed by atoms with Crippen LogP contribution in [0, 0.1) is 0 Å². The molecule has 8 nitrogen and oxygen atoms in total. The number of anilines is 2. The van der Waals surface area contributed by atoms with Gasteiger partial charge in [-0.1, -0.05) is 12.8 Å². The van der Waals surface area contributed by atoms with Gasteiger partial charge in [-0.05, 0) is 43.2 Å². The molecule has 0 unspecified atom stereocenters. The Bertz CT molecular complexity index is 1080. The molecule has 2 heterocycles. The molecule has 1 fully saturated rings. The van der Waals surface area contributed by atoms with E-state index >= 15 is 0 Å². The molecule has 2 amide bonds. The number of carbonyl (C=O) groups excluding carboxylic acids is 2. The molecule has 1 aliphatic rings. The number of hydrogen-bond donors (Lipinski definition) is 2. The summed E-state index contributed by atoms with van der Waals surface area (Å²) in [6.07, 6.45) is 6.17. The lowest BCUT2D eigenvalue weighted by molar-refractivity contribution is 0.0815. The van der Waals surface area contributed by atoms with E-state index in [9.17, 15) is 9.59 Å². The molecule has 4 rings (SSSR count). The van der Waals surface area contributed by atoms with Crippen molar-refractivity contribution in [2.75, 3.05) is 26.5 Å². The lowest BCUT2D eigenvalue weighted by atomic mass is 10.2. The van der Waals surface area contributed by atoms with Gasteiger partial charge in [0.1, 0.15) is 11.3 Å². The van der Waals surface area contributed by atoms with Gasteiger partial charge in [-0.2, -0.15) is 4.98 Å². The molecule has 0 atom stereocenters. The molecule has 1 aromatic carbocycles. The van der Waals surface area contributed by atoms with Gasteiger partial charge in [-0.15, -0.1) is 0 Å². The lowest BCUT2D eigenvalue weighted by Gasteiger charge is -2.19. The second kappa shape index (κ2) is 8.14. The van der Waals surface area contributed by atoms with E-state index in [0.717, 1.165) is 42.4 Å². The van der Waals surface area contributed by atoms with Gasteiger partial charge >= 0.3 is 0 Å².